The zero-order valence-corrected chi connectivity index (χ0v) is 9.13. The summed E-state index contributed by atoms with van der Waals surface area (Å²) in [5.41, 5.74) is 1.04. The molecule has 0 saturated carbocycles. The van der Waals surface area contributed by atoms with E-state index in [2.05, 4.69) is 4.98 Å². The van der Waals surface area contributed by atoms with Gasteiger partial charge in [-0.05, 0) is 12.1 Å². The highest BCUT2D eigenvalue weighted by atomic mass is 31.2. The second-order valence-electron chi connectivity index (χ2n) is 3.31. The second kappa shape index (κ2) is 3.65. The molecule has 1 atom stereocenters. The third kappa shape index (κ3) is 2.01. The van der Waals surface area contributed by atoms with Crippen LogP contribution in [0.25, 0.3) is 5.69 Å². The van der Waals surface area contributed by atoms with Gasteiger partial charge in [-0.25, -0.2) is 4.98 Å². The van der Waals surface area contributed by atoms with E-state index in [1.807, 2.05) is 30.3 Å². The highest BCUT2D eigenvalue weighted by molar-refractivity contribution is 7.64. The Morgan fingerprint density at radius 2 is 2.00 bits per heavy atom. The number of rotatable bonds is 2. The van der Waals surface area contributed by atoms with Gasteiger partial charge in [0.25, 0.3) is 7.37 Å². The molecule has 15 heavy (non-hydrogen) atoms. The Morgan fingerprint density at radius 1 is 1.33 bits per heavy atom. The predicted molar refractivity (Wildman–Crippen MR) is 58.9 cm³/mol. The third-order valence-electron chi connectivity index (χ3n) is 2.03. The molecule has 0 radical (unpaired) electrons. The van der Waals surface area contributed by atoms with E-state index in [9.17, 15) is 9.46 Å². The van der Waals surface area contributed by atoms with Crippen molar-refractivity contribution in [3.8, 4) is 5.69 Å². The van der Waals surface area contributed by atoms with Crippen LogP contribution >= 0.6 is 7.37 Å². The van der Waals surface area contributed by atoms with Crippen molar-refractivity contribution in [3.05, 3.63) is 42.7 Å². The highest BCUT2D eigenvalue weighted by Crippen LogP contribution is 2.33. The van der Waals surface area contributed by atoms with Crippen LogP contribution in [0.3, 0.4) is 0 Å². The summed E-state index contributed by atoms with van der Waals surface area (Å²) < 4.78 is 13.2. The van der Waals surface area contributed by atoms with Gasteiger partial charge in [0.15, 0.2) is 5.57 Å². The average molecular weight is 222 g/mol. The summed E-state index contributed by atoms with van der Waals surface area (Å²) >= 11 is 0. The Bertz CT molecular complexity index is 501. The first-order valence-corrected chi connectivity index (χ1v) is 6.59. The van der Waals surface area contributed by atoms with E-state index in [4.69, 9.17) is 0 Å². The Labute approximate surface area is 87.7 Å². The van der Waals surface area contributed by atoms with Crippen molar-refractivity contribution < 1.29 is 9.46 Å². The number of nitrogens with zero attached hydrogens (tertiary/aromatic N) is 2. The van der Waals surface area contributed by atoms with Gasteiger partial charge < -0.3 is 4.89 Å². The molecule has 1 aromatic heterocycles. The normalized spacial score (nSPS) is 14.8. The SMILES string of the molecule is CP(=O)(O)c1nccn1-c1ccccc1. The van der Waals surface area contributed by atoms with Crippen LogP contribution in [0.5, 0.6) is 0 Å². The number of aromatic nitrogens is 2. The smallest absolute Gasteiger partial charge is 0.261 e. The average Bonchev–Trinajstić information content (AvgIpc) is 2.67. The van der Waals surface area contributed by atoms with Crippen molar-refractivity contribution in [2.24, 2.45) is 0 Å². The van der Waals surface area contributed by atoms with Crippen LogP contribution in [0.1, 0.15) is 0 Å². The van der Waals surface area contributed by atoms with Gasteiger partial charge >= 0.3 is 0 Å². The number of para-hydroxylation sites is 1. The molecule has 1 N–H and O–H groups in total. The summed E-state index contributed by atoms with van der Waals surface area (Å²) in [6.45, 7) is 1.29. The quantitative estimate of drug-likeness (QED) is 0.781. The van der Waals surface area contributed by atoms with E-state index < -0.39 is 7.37 Å². The maximum Gasteiger partial charge on any atom is 0.261 e. The molecular weight excluding hydrogens is 211 g/mol. The lowest BCUT2D eigenvalue weighted by molar-refractivity contribution is 0.494. The van der Waals surface area contributed by atoms with E-state index in [0.29, 0.717) is 0 Å². The Hall–Kier alpha value is -1.38. The summed E-state index contributed by atoms with van der Waals surface area (Å²) in [7, 11) is -3.32. The number of imidazole rings is 1. The molecule has 0 aliphatic carbocycles. The van der Waals surface area contributed by atoms with Crippen molar-refractivity contribution in [3.63, 3.8) is 0 Å². The minimum absolute atomic E-state index is 0.203. The third-order valence-corrected chi connectivity index (χ3v) is 3.10. The molecule has 0 spiro atoms. The molecule has 0 aliphatic rings. The molecule has 0 amide bonds. The zero-order valence-electron chi connectivity index (χ0n) is 8.24. The summed E-state index contributed by atoms with van der Waals surface area (Å²) in [6, 6.07) is 9.36. The number of hydrogen-bond donors (Lipinski definition) is 1. The van der Waals surface area contributed by atoms with E-state index in [0.717, 1.165) is 5.69 Å². The van der Waals surface area contributed by atoms with Crippen molar-refractivity contribution >= 4 is 12.9 Å². The molecule has 0 saturated heterocycles. The van der Waals surface area contributed by atoms with Crippen molar-refractivity contribution in [2.75, 3.05) is 6.66 Å². The number of hydrogen-bond acceptors (Lipinski definition) is 2. The largest absolute Gasteiger partial charge is 0.339 e. The molecule has 0 aliphatic heterocycles. The topological polar surface area (TPSA) is 55.1 Å². The molecule has 2 aromatic rings. The first kappa shape index (κ1) is 10.1. The lowest BCUT2D eigenvalue weighted by Crippen LogP contribution is -2.17. The Morgan fingerprint density at radius 3 is 2.60 bits per heavy atom. The van der Waals surface area contributed by atoms with Crippen LogP contribution in [0, 0.1) is 0 Å². The van der Waals surface area contributed by atoms with Gasteiger partial charge in [0.05, 0.1) is 0 Å². The maximum atomic E-state index is 11.5. The summed E-state index contributed by atoms with van der Waals surface area (Å²) in [5.74, 6) is 0. The maximum absolute atomic E-state index is 11.5. The molecule has 0 fully saturated rings. The number of benzene rings is 1. The summed E-state index contributed by atoms with van der Waals surface area (Å²) in [5, 5.41) is 0. The van der Waals surface area contributed by atoms with Crippen LogP contribution in [-0.4, -0.2) is 21.1 Å². The van der Waals surface area contributed by atoms with Crippen LogP contribution < -0.4 is 5.57 Å². The summed E-state index contributed by atoms with van der Waals surface area (Å²) in [6.07, 6.45) is 3.20. The fraction of sp³-hybridized carbons (Fsp3) is 0.100. The second-order valence-corrected chi connectivity index (χ2v) is 5.47. The molecule has 5 heteroatoms. The standard InChI is InChI=1S/C10H11N2O2P/c1-15(13,14)10-11-7-8-12(10)9-5-3-2-4-6-9/h2-8H,1H3,(H,13,14). The first-order chi connectivity index (χ1) is 7.09. The van der Waals surface area contributed by atoms with E-state index in [-0.39, 0.29) is 5.57 Å². The van der Waals surface area contributed by atoms with Gasteiger partial charge in [-0.1, -0.05) is 18.2 Å². The molecule has 1 aromatic carbocycles. The Balaban J connectivity index is 2.56. The minimum atomic E-state index is -3.32. The molecule has 1 unspecified atom stereocenters. The molecule has 0 bridgehead atoms. The van der Waals surface area contributed by atoms with Crippen LogP contribution in [-0.2, 0) is 4.57 Å². The van der Waals surface area contributed by atoms with Gasteiger partial charge in [-0.3, -0.25) is 9.13 Å². The fourth-order valence-corrected chi connectivity index (χ4v) is 2.26. The van der Waals surface area contributed by atoms with Crippen LogP contribution in [0.2, 0.25) is 0 Å². The molecule has 1 heterocycles. The first-order valence-electron chi connectivity index (χ1n) is 4.48. The van der Waals surface area contributed by atoms with Gasteiger partial charge in [0, 0.05) is 24.7 Å². The zero-order chi connectivity index (χ0) is 10.9. The van der Waals surface area contributed by atoms with Crippen LogP contribution in [0.4, 0.5) is 0 Å². The van der Waals surface area contributed by atoms with E-state index in [1.54, 1.807) is 10.8 Å². The lowest BCUT2D eigenvalue weighted by Gasteiger charge is -2.09. The van der Waals surface area contributed by atoms with Crippen molar-refractivity contribution in [1.29, 1.82) is 0 Å². The molecule has 78 valence electrons. The molecule has 2 rings (SSSR count). The van der Waals surface area contributed by atoms with Crippen molar-refractivity contribution in [1.82, 2.24) is 9.55 Å². The van der Waals surface area contributed by atoms with E-state index >= 15 is 0 Å². The van der Waals surface area contributed by atoms with Crippen LogP contribution in [0.15, 0.2) is 42.7 Å². The van der Waals surface area contributed by atoms with Gasteiger partial charge in [0.1, 0.15) is 0 Å². The van der Waals surface area contributed by atoms with Gasteiger partial charge in [-0.15, -0.1) is 0 Å². The fourth-order valence-electron chi connectivity index (χ4n) is 1.39. The minimum Gasteiger partial charge on any atom is -0.339 e. The monoisotopic (exact) mass is 222 g/mol. The molecule has 4 nitrogen and oxygen atoms in total. The predicted octanol–water partition coefficient (Wildman–Crippen LogP) is 1.40. The van der Waals surface area contributed by atoms with Crippen molar-refractivity contribution in [2.45, 2.75) is 0 Å². The van der Waals surface area contributed by atoms with E-state index in [1.165, 1.54) is 12.9 Å². The summed E-state index contributed by atoms with van der Waals surface area (Å²) in [4.78, 5) is 13.4. The molecular formula is C10H11N2O2P. The highest BCUT2D eigenvalue weighted by Gasteiger charge is 2.20. The lowest BCUT2D eigenvalue weighted by atomic mass is 10.3. The Kier molecular flexibility index (Phi) is 2.47. The van der Waals surface area contributed by atoms with Gasteiger partial charge in [-0.2, -0.15) is 0 Å². The van der Waals surface area contributed by atoms with Gasteiger partial charge in [0.2, 0.25) is 0 Å².